The lowest BCUT2D eigenvalue weighted by atomic mass is 9.69. The molecule has 1 saturated carbocycles. The molecule has 6 rings (SSSR count). The molecule has 5 heterocycles. The Balaban J connectivity index is 1.08. The summed E-state index contributed by atoms with van der Waals surface area (Å²) in [7, 11) is 0. The van der Waals surface area contributed by atoms with Gasteiger partial charge < -0.3 is 15.0 Å². The van der Waals surface area contributed by atoms with Gasteiger partial charge in [0.05, 0.1) is 29.9 Å². The highest BCUT2D eigenvalue weighted by molar-refractivity contribution is 5.90. The lowest BCUT2D eigenvalue weighted by Crippen LogP contribution is -2.58. The summed E-state index contributed by atoms with van der Waals surface area (Å²) >= 11 is 0. The molecule has 4 aromatic heterocycles. The molecule has 0 radical (unpaired) electrons. The Morgan fingerprint density at radius 1 is 1.16 bits per heavy atom. The van der Waals surface area contributed by atoms with Crippen molar-refractivity contribution in [2.75, 3.05) is 13.1 Å². The molecule has 1 aliphatic carbocycles. The highest BCUT2D eigenvalue weighted by Crippen LogP contribution is 2.45. The van der Waals surface area contributed by atoms with E-state index >= 15 is 0 Å². The van der Waals surface area contributed by atoms with Gasteiger partial charge in [-0.15, -0.1) is 0 Å². The topological polar surface area (TPSA) is 121 Å². The molecule has 2 fully saturated rings. The van der Waals surface area contributed by atoms with Crippen molar-refractivity contribution in [3.63, 3.8) is 0 Å². The van der Waals surface area contributed by atoms with Crippen molar-refractivity contribution in [1.29, 1.82) is 5.26 Å². The number of halogens is 3. The molecule has 13 heteroatoms. The highest BCUT2D eigenvalue weighted by atomic mass is 19.4. The number of pyridine rings is 1. The Morgan fingerprint density at radius 2 is 1.93 bits per heavy atom. The maximum absolute atomic E-state index is 13.6. The van der Waals surface area contributed by atoms with Gasteiger partial charge in [0, 0.05) is 60.6 Å². The Labute approximate surface area is 253 Å². The van der Waals surface area contributed by atoms with Crippen LogP contribution >= 0.6 is 0 Å². The fourth-order valence-corrected chi connectivity index (χ4v) is 6.21. The van der Waals surface area contributed by atoms with Gasteiger partial charge in [-0.3, -0.25) is 9.58 Å². The maximum atomic E-state index is 13.6. The zero-order valence-corrected chi connectivity index (χ0v) is 25.0. The van der Waals surface area contributed by atoms with Crippen LogP contribution in [0.25, 0.3) is 22.3 Å². The molecule has 0 spiro atoms. The first-order valence-electron chi connectivity index (χ1n) is 14.9. The zero-order valence-electron chi connectivity index (χ0n) is 25.0. The van der Waals surface area contributed by atoms with Crippen LogP contribution in [0.15, 0.2) is 43.1 Å². The second kappa shape index (κ2) is 11.5. The number of alkyl halides is 3. The van der Waals surface area contributed by atoms with Gasteiger partial charge in [0.15, 0.2) is 0 Å². The number of ether oxygens (including phenoxy) is 1. The van der Waals surface area contributed by atoms with Gasteiger partial charge in [-0.2, -0.15) is 23.5 Å². The summed E-state index contributed by atoms with van der Waals surface area (Å²) in [6.07, 6.45) is 5.62. The summed E-state index contributed by atoms with van der Waals surface area (Å²) in [5.74, 6) is 0.00996. The van der Waals surface area contributed by atoms with E-state index in [1.165, 1.54) is 6.33 Å². The molecule has 2 N–H and O–H groups in total. The number of hydrogen-bond acceptors (Lipinski definition) is 8. The number of aromatic nitrogens is 6. The Kier molecular flexibility index (Phi) is 7.83. The van der Waals surface area contributed by atoms with Crippen LogP contribution < -0.4 is 10.1 Å². The first-order valence-corrected chi connectivity index (χ1v) is 14.9. The predicted octanol–water partition coefficient (Wildman–Crippen LogP) is 5.44. The largest absolute Gasteiger partial charge is 0.474 e. The number of nitriles is 1. The first kappa shape index (κ1) is 30.0. The highest BCUT2D eigenvalue weighted by Gasteiger charge is 2.49. The Hall–Kier alpha value is -4.02. The third-order valence-corrected chi connectivity index (χ3v) is 8.59. The summed E-state index contributed by atoms with van der Waals surface area (Å²) in [6, 6.07) is 7.26. The molecular weight excluding hydrogens is 571 g/mol. The summed E-state index contributed by atoms with van der Waals surface area (Å²) < 4.78 is 48.7. The van der Waals surface area contributed by atoms with Crippen LogP contribution in [0.5, 0.6) is 5.88 Å². The van der Waals surface area contributed by atoms with Gasteiger partial charge >= 0.3 is 6.18 Å². The molecule has 0 atom stereocenters. The lowest BCUT2D eigenvalue weighted by molar-refractivity contribution is -0.141. The van der Waals surface area contributed by atoms with Gasteiger partial charge in [0.25, 0.3) is 0 Å². The number of nitrogens with one attached hydrogen (secondary N) is 2. The zero-order chi connectivity index (χ0) is 31.1. The molecule has 4 aromatic rings. The minimum absolute atomic E-state index is 0.00996. The van der Waals surface area contributed by atoms with Crippen LogP contribution in [0.1, 0.15) is 64.1 Å². The van der Waals surface area contributed by atoms with Crippen molar-refractivity contribution < 1.29 is 17.9 Å². The van der Waals surface area contributed by atoms with Crippen molar-refractivity contribution in [2.45, 2.75) is 88.8 Å². The van der Waals surface area contributed by atoms with Crippen molar-refractivity contribution >= 4 is 11.0 Å². The molecule has 10 nitrogen and oxygen atoms in total. The van der Waals surface area contributed by atoms with Crippen molar-refractivity contribution in [3.8, 4) is 23.2 Å². The summed E-state index contributed by atoms with van der Waals surface area (Å²) in [5, 5.41) is 18.5. The number of H-pyrrole nitrogens is 1. The molecule has 0 aromatic carbocycles. The minimum atomic E-state index is -4.56. The molecular formula is C31H36F3N9O. The number of nitrogens with zero attached hydrogens (tertiary/aromatic N) is 7. The maximum Gasteiger partial charge on any atom is 0.433 e. The van der Waals surface area contributed by atoms with E-state index in [1.54, 1.807) is 12.3 Å². The van der Waals surface area contributed by atoms with Gasteiger partial charge in [-0.25, -0.2) is 15.0 Å². The summed E-state index contributed by atoms with van der Waals surface area (Å²) in [4.78, 5) is 18.0. The van der Waals surface area contributed by atoms with E-state index in [4.69, 9.17) is 4.74 Å². The molecule has 232 valence electrons. The van der Waals surface area contributed by atoms with E-state index in [9.17, 15) is 18.4 Å². The molecule has 1 saturated heterocycles. The number of fused-ring (bicyclic) bond motifs is 1. The van der Waals surface area contributed by atoms with Crippen LogP contribution in [0.2, 0.25) is 0 Å². The average molecular weight is 608 g/mol. The number of piperidine rings is 1. The van der Waals surface area contributed by atoms with E-state index in [2.05, 4.69) is 41.3 Å². The van der Waals surface area contributed by atoms with E-state index < -0.39 is 17.4 Å². The van der Waals surface area contributed by atoms with Crippen molar-refractivity contribution in [2.24, 2.45) is 0 Å². The quantitative estimate of drug-likeness (QED) is 0.272. The fourth-order valence-electron chi connectivity index (χ4n) is 6.21. The molecule has 0 unspecified atom stereocenters. The van der Waals surface area contributed by atoms with E-state index in [0.29, 0.717) is 24.8 Å². The first-order chi connectivity index (χ1) is 20.9. The lowest BCUT2D eigenvalue weighted by Gasteiger charge is -2.52. The van der Waals surface area contributed by atoms with E-state index in [0.717, 1.165) is 54.3 Å². The second-order valence-electron chi connectivity index (χ2n) is 12.9. The van der Waals surface area contributed by atoms with Crippen molar-refractivity contribution in [3.05, 3.63) is 54.4 Å². The van der Waals surface area contributed by atoms with Gasteiger partial charge in [-0.1, -0.05) is 0 Å². The standard InChI is InChI=1S/C31H36F3N9O/c1-29(2,3)39-16-20-12-25(31(32,33)34)41-26(13-20)44-23-5-10-42(11-6-23)22-14-30(15-22,7-8-35)43-18-21(17-40-43)27-24-4-9-36-28(24)38-19-37-27/h4,9,12-13,17-19,22-23,39H,5-7,10-11,14-16H2,1-3H3,(H,36,37,38)/t22-,30-. The van der Waals surface area contributed by atoms with E-state index in [-0.39, 0.29) is 30.1 Å². The van der Waals surface area contributed by atoms with Crippen LogP contribution in [0, 0.1) is 11.3 Å². The smallest absolute Gasteiger partial charge is 0.433 e. The molecule has 0 bridgehead atoms. The number of aromatic amines is 1. The third-order valence-electron chi connectivity index (χ3n) is 8.59. The molecule has 0 amide bonds. The number of rotatable bonds is 8. The fraction of sp³-hybridized carbons (Fsp3) is 0.516. The van der Waals surface area contributed by atoms with Crippen LogP contribution in [0.4, 0.5) is 13.2 Å². The number of hydrogen-bond donors (Lipinski definition) is 2. The average Bonchev–Trinajstić information content (AvgIpc) is 3.64. The number of likely N-dealkylation sites (tertiary alicyclic amines) is 1. The molecule has 1 aliphatic heterocycles. The predicted molar refractivity (Wildman–Crippen MR) is 157 cm³/mol. The third kappa shape index (κ3) is 6.27. The Bertz CT molecular complexity index is 1650. The SMILES string of the molecule is CC(C)(C)NCc1cc(OC2CCN([C@H]3C[C@](CC#N)(n4cc(-c5ncnc6[nH]ccc56)cn4)C3)CC2)nc(C(F)(F)F)c1. The van der Waals surface area contributed by atoms with Crippen LogP contribution in [0.3, 0.4) is 0 Å². The molecule has 2 aliphatic rings. The van der Waals surface area contributed by atoms with Gasteiger partial charge in [-0.05, 0) is 64.2 Å². The normalized spacial score (nSPS) is 21.7. The van der Waals surface area contributed by atoms with Gasteiger partial charge in [0.1, 0.15) is 23.8 Å². The van der Waals surface area contributed by atoms with Gasteiger partial charge in [0.2, 0.25) is 5.88 Å². The summed E-state index contributed by atoms with van der Waals surface area (Å²) in [6.45, 7) is 7.68. The van der Waals surface area contributed by atoms with Crippen molar-refractivity contribution in [1.82, 2.24) is 39.9 Å². The minimum Gasteiger partial charge on any atom is -0.474 e. The molecule has 44 heavy (non-hydrogen) atoms. The monoisotopic (exact) mass is 607 g/mol. The van der Waals surface area contributed by atoms with E-state index in [1.807, 2.05) is 43.9 Å². The summed E-state index contributed by atoms with van der Waals surface area (Å²) in [5.41, 5.74) is 1.32. The second-order valence-corrected chi connectivity index (χ2v) is 12.9. The van der Waals surface area contributed by atoms with Crippen LogP contribution in [-0.2, 0) is 18.3 Å². The Morgan fingerprint density at radius 3 is 2.64 bits per heavy atom. The van der Waals surface area contributed by atoms with Crippen LogP contribution in [-0.4, -0.2) is 65.4 Å².